The average molecular weight is 436 g/mol. The standard InChI is InChI=1S/C22H21FN6O3/c1-10-6-25-16-5-13(14(23)7-29(10)16)20-17-11(8-32-20)4-15(18(30)19(17)31)28-3-2-12-21(24)26-9-27-22(12)28/h2-3,5-7,9,11,17,19-20,30-31H,4,8H2,1H3,(H2,24,26,27)/t11?,17?,19-,20+/m1/s1. The first-order chi connectivity index (χ1) is 15.4. The number of allylic oxidation sites excluding steroid dienone is 1. The van der Waals surface area contributed by atoms with Crippen LogP contribution in [-0.2, 0) is 4.74 Å². The third kappa shape index (κ3) is 2.59. The third-order valence-corrected chi connectivity index (χ3v) is 6.70. The Hall–Kier alpha value is -3.50. The molecule has 4 N–H and O–H groups in total. The van der Waals surface area contributed by atoms with Crippen molar-refractivity contribution in [1.29, 1.82) is 0 Å². The quantitative estimate of drug-likeness (QED) is 0.441. The first-order valence-corrected chi connectivity index (χ1v) is 10.4. The number of anilines is 1. The SMILES string of the molecule is Cc1cnc2cc([C@@H]3OCC4CC(n5ccc6c(N)ncnc65)=C(O)[C@H](O)C43)c(F)cn12. The Morgan fingerprint density at radius 1 is 1.28 bits per heavy atom. The molecule has 10 heteroatoms. The molecule has 2 unspecified atom stereocenters. The molecule has 4 aromatic rings. The minimum Gasteiger partial charge on any atom is -0.508 e. The lowest BCUT2D eigenvalue weighted by molar-refractivity contribution is 0.0216. The summed E-state index contributed by atoms with van der Waals surface area (Å²) in [7, 11) is 0. The van der Waals surface area contributed by atoms with Crippen LogP contribution in [0.4, 0.5) is 10.2 Å². The molecular weight excluding hydrogens is 415 g/mol. The van der Waals surface area contributed by atoms with Gasteiger partial charge in [-0.25, -0.2) is 19.3 Å². The number of nitrogen functional groups attached to an aromatic ring is 1. The predicted molar refractivity (Wildman–Crippen MR) is 114 cm³/mol. The van der Waals surface area contributed by atoms with E-state index >= 15 is 4.39 Å². The van der Waals surface area contributed by atoms with E-state index in [1.54, 1.807) is 33.5 Å². The predicted octanol–water partition coefficient (Wildman–Crippen LogP) is 2.60. The highest BCUT2D eigenvalue weighted by Crippen LogP contribution is 2.49. The maximum atomic E-state index is 15.0. The molecule has 0 radical (unpaired) electrons. The van der Waals surface area contributed by atoms with E-state index in [0.29, 0.717) is 46.8 Å². The lowest BCUT2D eigenvalue weighted by Crippen LogP contribution is -2.36. The molecule has 9 nitrogen and oxygen atoms in total. The van der Waals surface area contributed by atoms with Crippen LogP contribution in [0, 0.1) is 24.6 Å². The molecule has 5 heterocycles. The Labute approximate surface area is 181 Å². The molecule has 0 bridgehead atoms. The Kier molecular flexibility index (Phi) is 4.05. The molecule has 0 spiro atoms. The molecule has 1 aliphatic heterocycles. The molecule has 0 aromatic carbocycles. The van der Waals surface area contributed by atoms with Crippen molar-refractivity contribution >= 4 is 28.2 Å². The maximum Gasteiger partial charge on any atom is 0.149 e. The van der Waals surface area contributed by atoms with E-state index in [2.05, 4.69) is 15.0 Å². The lowest BCUT2D eigenvalue weighted by atomic mass is 9.76. The van der Waals surface area contributed by atoms with E-state index in [1.807, 2.05) is 6.92 Å². The molecule has 0 amide bonds. The average Bonchev–Trinajstić information content (AvgIpc) is 3.48. The number of hydrogen-bond donors (Lipinski definition) is 3. The molecule has 32 heavy (non-hydrogen) atoms. The number of imidazole rings is 1. The number of nitrogens with two attached hydrogens (primary N) is 1. The summed E-state index contributed by atoms with van der Waals surface area (Å²) >= 11 is 0. The van der Waals surface area contributed by atoms with Crippen LogP contribution in [-0.4, -0.2) is 46.8 Å². The van der Waals surface area contributed by atoms with Crippen LogP contribution in [0.3, 0.4) is 0 Å². The number of halogens is 1. The van der Waals surface area contributed by atoms with Crippen LogP contribution in [0.1, 0.15) is 23.8 Å². The van der Waals surface area contributed by atoms with Gasteiger partial charge in [-0.3, -0.25) is 0 Å². The number of aliphatic hydroxyl groups excluding tert-OH is 2. The molecule has 4 atom stereocenters. The van der Waals surface area contributed by atoms with E-state index in [4.69, 9.17) is 10.5 Å². The monoisotopic (exact) mass is 436 g/mol. The van der Waals surface area contributed by atoms with Gasteiger partial charge in [0.25, 0.3) is 0 Å². The zero-order chi connectivity index (χ0) is 22.1. The van der Waals surface area contributed by atoms with Gasteiger partial charge in [0.15, 0.2) is 0 Å². The highest BCUT2D eigenvalue weighted by Gasteiger charge is 2.49. The van der Waals surface area contributed by atoms with E-state index in [-0.39, 0.29) is 11.7 Å². The van der Waals surface area contributed by atoms with Gasteiger partial charge >= 0.3 is 0 Å². The first kappa shape index (κ1) is 19.2. The minimum absolute atomic E-state index is 0.116. The Morgan fingerprint density at radius 3 is 2.97 bits per heavy atom. The number of aliphatic hydroxyl groups is 2. The smallest absolute Gasteiger partial charge is 0.149 e. The second-order valence-corrected chi connectivity index (χ2v) is 8.46. The Bertz CT molecular complexity index is 1410. The van der Waals surface area contributed by atoms with Gasteiger partial charge < -0.3 is 29.7 Å². The molecule has 0 saturated carbocycles. The number of ether oxygens (including phenoxy) is 1. The number of fused-ring (bicyclic) bond motifs is 3. The topological polar surface area (TPSA) is 124 Å². The number of nitrogens with zero attached hydrogens (tertiary/aromatic N) is 5. The summed E-state index contributed by atoms with van der Waals surface area (Å²) in [6, 6.07) is 3.42. The summed E-state index contributed by atoms with van der Waals surface area (Å²) in [5, 5.41) is 22.7. The zero-order valence-electron chi connectivity index (χ0n) is 17.2. The van der Waals surface area contributed by atoms with Gasteiger partial charge in [0, 0.05) is 35.8 Å². The van der Waals surface area contributed by atoms with Crippen molar-refractivity contribution in [3.8, 4) is 0 Å². The van der Waals surface area contributed by atoms with Crippen molar-refractivity contribution in [2.45, 2.75) is 25.6 Å². The van der Waals surface area contributed by atoms with Crippen molar-refractivity contribution in [2.24, 2.45) is 11.8 Å². The van der Waals surface area contributed by atoms with E-state index in [9.17, 15) is 10.2 Å². The molecule has 2 aliphatic rings. The van der Waals surface area contributed by atoms with Crippen LogP contribution in [0.25, 0.3) is 22.4 Å². The molecule has 4 aromatic heterocycles. The third-order valence-electron chi connectivity index (χ3n) is 6.70. The first-order valence-electron chi connectivity index (χ1n) is 10.4. The normalized spacial score (nSPS) is 25.7. The van der Waals surface area contributed by atoms with Gasteiger partial charge in [-0.05, 0) is 31.4 Å². The van der Waals surface area contributed by atoms with E-state index < -0.39 is 23.9 Å². The van der Waals surface area contributed by atoms with Crippen LogP contribution >= 0.6 is 0 Å². The second-order valence-electron chi connectivity index (χ2n) is 8.46. The molecule has 1 saturated heterocycles. The van der Waals surface area contributed by atoms with Crippen LogP contribution < -0.4 is 5.73 Å². The fraction of sp³-hybridized carbons (Fsp3) is 0.318. The summed E-state index contributed by atoms with van der Waals surface area (Å²) in [5.41, 5.74) is 8.76. The van der Waals surface area contributed by atoms with E-state index in [0.717, 1.165) is 5.69 Å². The van der Waals surface area contributed by atoms with Crippen molar-refractivity contribution in [1.82, 2.24) is 23.9 Å². The molecular formula is C22H21FN6O3. The molecule has 1 fully saturated rings. The number of pyridine rings is 1. The van der Waals surface area contributed by atoms with Crippen LogP contribution in [0.15, 0.2) is 42.8 Å². The summed E-state index contributed by atoms with van der Waals surface area (Å²) in [5.74, 6) is -0.876. The van der Waals surface area contributed by atoms with Gasteiger partial charge in [0.2, 0.25) is 0 Å². The van der Waals surface area contributed by atoms with Crippen molar-refractivity contribution in [3.63, 3.8) is 0 Å². The summed E-state index contributed by atoms with van der Waals surface area (Å²) < 4.78 is 24.4. The molecule has 164 valence electrons. The van der Waals surface area contributed by atoms with Gasteiger partial charge in [-0.15, -0.1) is 0 Å². The summed E-state index contributed by atoms with van der Waals surface area (Å²) in [6.07, 6.45) is 4.68. The molecule has 6 rings (SSSR count). The van der Waals surface area contributed by atoms with Crippen molar-refractivity contribution in [3.05, 3.63) is 59.9 Å². The molecule has 1 aliphatic carbocycles. The Balaban J connectivity index is 1.41. The zero-order valence-corrected chi connectivity index (χ0v) is 17.2. The van der Waals surface area contributed by atoms with Gasteiger partial charge in [0.05, 0.1) is 23.8 Å². The van der Waals surface area contributed by atoms with Crippen LogP contribution in [0.2, 0.25) is 0 Å². The van der Waals surface area contributed by atoms with Crippen LogP contribution in [0.5, 0.6) is 0 Å². The summed E-state index contributed by atoms with van der Waals surface area (Å²) in [4.78, 5) is 12.6. The lowest BCUT2D eigenvalue weighted by Gasteiger charge is -2.34. The number of rotatable bonds is 2. The highest BCUT2D eigenvalue weighted by atomic mass is 19.1. The number of aryl methyl sites for hydroxylation is 1. The summed E-state index contributed by atoms with van der Waals surface area (Å²) in [6.45, 7) is 2.18. The second kappa shape index (κ2) is 6.75. The van der Waals surface area contributed by atoms with Gasteiger partial charge in [0.1, 0.15) is 41.1 Å². The van der Waals surface area contributed by atoms with Gasteiger partial charge in [-0.2, -0.15) is 0 Å². The fourth-order valence-electron chi connectivity index (χ4n) is 5.08. The van der Waals surface area contributed by atoms with Crippen molar-refractivity contribution in [2.75, 3.05) is 12.3 Å². The Morgan fingerprint density at radius 2 is 2.12 bits per heavy atom. The van der Waals surface area contributed by atoms with Crippen molar-refractivity contribution < 1.29 is 19.3 Å². The van der Waals surface area contributed by atoms with Gasteiger partial charge in [-0.1, -0.05) is 0 Å². The minimum atomic E-state index is -1.22. The fourth-order valence-corrected chi connectivity index (χ4v) is 5.08. The van der Waals surface area contributed by atoms with E-state index in [1.165, 1.54) is 12.5 Å². The maximum absolute atomic E-state index is 15.0. The number of aromatic nitrogens is 5. The highest BCUT2D eigenvalue weighted by molar-refractivity contribution is 5.88. The number of hydrogen-bond acceptors (Lipinski definition) is 7. The largest absolute Gasteiger partial charge is 0.508 e.